The first-order valence-corrected chi connectivity index (χ1v) is 12.0. The Balaban J connectivity index is 2.15. The summed E-state index contributed by atoms with van der Waals surface area (Å²) in [7, 11) is 1.59. The fourth-order valence-electron chi connectivity index (χ4n) is 3.77. The van der Waals surface area contributed by atoms with Crippen molar-refractivity contribution in [2.75, 3.05) is 32.1 Å². The maximum Gasteiger partial charge on any atom is 0.279 e. The van der Waals surface area contributed by atoms with Gasteiger partial charge in [0.25, 0.3) is 11.8 Å². The molecule has 9 heteroatoms. The van der Waals surface area contributed by atoms with Crippen molar-refractivity contribution in [2.45, 2.75) is 59.8 Å². The molecule has 0 unspecified atom stereocenters. The largest absolute Gasteiger partial charge is 0.376 e. The second kappa shape index (κ2) is 9.62. The van der Waals surface area contributed by atoms with Gasteiger partial charge >= 0.3 is 0 Å². The van der Waals surface area contributed by atoms with E-state index in [1.807, 2.05) is 6.92 Å². The second-order valence-corrected chi connectivity index (χ2v) is 10.8. The molecule has 2 amide bonds. The summed E-state index contributed by atoms with van der Waals surface area (Å²) < 4.78 is 0. The van der Waals surface area contributed by atoms with E-state index in [1.165, 1.54) is 16.4 Å². The fourth-order valence-corrected chi connectivity index (χ4v) is 4.98. The van der Waals surface area contributed by atoms with Crippen LogP contribution in [0.15, 0.2) is 0 Å². The molecule has 1 fully saturated rings. The minimum atomic E-state index is -0.277. The van der Waals surface area contributed by atoms with E-state index in [0.717, 1.165) is 28.2 Å². The summed E-state index contributed by atoms with van der Waals surface area (Å²) in [4.78, 5) is 32.9. The van der Waals surface area contributed by atoms with Crippen molar-refractivity contribution in [1.29, 1.82) is 0 Å². The quantitative estimate of drug-likeness (QED) is 0.581. The van der Waals surface area contributed by atoms with E-state index in [9.17, 15) is 9.59 Å². The topological polar surface area (TPSA) is 99.3 Å². The van der Waals surface area contributed by atoms with Gasteiger partial charge < -0.3 is 10.6 Å². The van der Waals surface area contributed by atoms with Gasteiger partial charge in [-0.3, -0.25) is 19.5 Å². The lowest BCUT2D eigenvalue weighted by molar-refractivity contribution is -0.0768. The molecule has 0 aliphatic carbocycles. The SMILES string of the molecule is CNC(=O)c1c(NCC(C)C)sc(Cc2c(C(C)(C)C)n[nH]c2C)c1C(=O)N1CCCO1. The zero-order valence-electron chi connectivity index (χ0n) is 20.1. The van der Waals surface area contributed by atoms with Crippen molar-refractivity contribution >= 4 is 28.2 Å². The molecule has 32 heavy (non-hydrogen) atoms. The number of carbonyl (C=O) groups excluding carboxylic acids is 2. The van der Waals surface area contributed by atoms with E-state index >= 15 is 0 Å². The van der Waals surface area contributed by atoms with Crippen LogP contribution in [0.5, 0.6) is 0 Å². The van der Waals surface area contributed by atoms with E-state index in [-0.39, 0.29) is 17.2 Å². The van der Waals surface area contributed by atoms with Crippen LogP contribution in [0.3, 0.4) is 0 Å². The zero-order chi connectivity index (χ0) is 23.6. The summed E-state index contributed by atoms with van der Waals surface area (Å²) in [5, 5.41) is 15.9. The number of hydroxylamine groups is 2. The van der Waals surface area contributed by atoms with E-state index in [4.69, 9.17) is 4.84 Å². The van der Waals surface area contributed by atoms with Gasteiger partial charge in [0.05, 0.1) is 30.0 Å². The Labute approximate surface area is 194 Å². The lowest BCUT2D eigenvalue weighted by atomic mass is 9.87. The molecule has 2 aromatic heterocycles. The summed E-state index contributed by atoms with van der Waals surface area (Å²) in [6.07, 6.45) is 1.30. The van der Waals surface area contributed by atoms with E-state index in [0.29, 0.717) is 48.2 Å². The molecule has 0 radical (unpaired) electrons. The number of aromatic amines is 1. The molecular formula is C23H35N5O3S. The molecule has 0 atom stereocenters. The van der Waals surface area contributed by atoms with Crippen LogP contribution < -0.4 is 10.6 Å². The number of amides is 2. The number of thiophene rings is 1. The molecule has 1 aliphatic heterocycles. The maximum atomic E-state index is 13.5. The van der Waals surface area contributed by atoms with Crippen LogP contribution in [0.25, 0.3) is 0 Å². The van der Waals surface area contributed by atoms with Crippen molar-refractivity contribution < 1.29 is 14.4 Å². The maximum absolute atomic E-state index is 13.5. The highest BCUT2D eigenvalue weighted by Crippen LogP contribution is 2.38. The molecule has 0 aromatic carbocycles. The first-order valence-electron chi connectivity index (χ1n) is 11.1. The number of aromatic nitrogens is 2. The van der Waals surface area contributed by atoms with E-state index in [2.05, 4.69) is 55.4 Å². The lowest BCUT2D eigenvalue weighted by Crippen LogP contribution is -2.30. The van der Waals surface area contributed by atoms with Gasteiger partial charge in [0.1, 0.15) is 5.00 Å². The summed E-state index contributed by atoms with van der Waals surface area (Å²) in [5.41, 5.74) is 3.67. The van der Waals surface area contributed by atoms with Gasteiger partial charge in [-0.2, -0.15) is 5.10 Å². The van der Waals surface area contributed by atoms with E-state index in [1.54, 1.807) is 7.05 Å². The third kappa shape index (κ3) is 4.99. The summed E-state index contributed by atoms with van der Waals surface area (Å²) in [6.45, 7) is 14.3. The number of hydrogen-bond donors (Lipinski definition) is 3. The van der Waals surface area contributed by atoms with Gasteiger partial charge in [-0.15, -0.1) is 11.3 Å². The number of nitrogens with one attached hydrogen (secondary N) is 3. The third-order valence-corrected chi connectivity index (χ3v) is 6.57. The van der Waals surface area contributed by atoms with Crippen molar-refractivity contribution in [3.8, 4) is 0 Å². The Morgan fingerprint density at radius 3 is 2.56 bits per heavy atom. The molecule has 1 saturated heterocycles. The van der Waals surface area contributed by atoms with Crippen molar-refractivity contribution in [3.63, 3.8) is 0 Å². The van der Waals surface area contributed by atoms with Crippen molar-refractivity contribution in [2.24, 2.45) is 5.92 Å². The summed E-state index contributed by atoms with van der Waals surface area (Å²) in [5.74, 6) is -0.146. The number of aryl methyl sites for hydroxylation is 1. The van der Waals surface area contributed by atoms with Crippen LogP contribution in [0.4, 0.5) is 5.00 Å². The number of anilines is 1. The first-order chi connectivity index (χ1) is 15.0. The minimum Gasteiger partial charge on any atom is -0.376 e. The van der Waals surface area contributed by atoms with Crippen LogP contribution in [0, 0.1) is 12.8 Å². The molecule has 0 bridgehead atoms. The van der Waals surface area contributed by atoms with Gasteiger partial charge in [0.2, 0.25) is 0 Å². The van der Waals surface area contributed by atoms with Gasteiger partial charge in [-0.1, -0.05) is 34.6 Å². The van der Waals surface area contributed by atoms with Crippen molar-refractivity contribution in [1.82, 2.24) is 20.6 Å². The highest BCUT2D eigenvalue weighted by atomic mass is 32.1. The molecule has 2 aromatic rings. The Kier molecular flexibility index (Phi) is 7.29. The van der Waals surface area contributed by atoms with Gasteiger partial charge in [0, 0.05) is 41.6 Å². The molecule has 176 valence electrons. The lowest BCUT2D eigenvalue weighted by Gasteiger charge is -2.19. The molecule has 3 N–H and O–H groups in total. The summed E-state index contributed by atoms with van der Waals surface area (Å²) >= 11 is 1.47. The predicted octanol–water partition coefficient (Wildman–Crippen LogP) is 3.87. The standard InChI is InChI=1S/C23H35N5O3S/c1-13(2)12-25-21-18(20(29)24-7)17(22(30)28-9-8-10-31-28)16(32-21)11-15-14(3)26-27-19(15)23(4,5)6/h13,25H,8-12H2,1-7H3,(H,24,29)(H,26,27). The van der Waals surface area contributed by atoms with Crippen LogP contribution >= 0.6 is 11.3 Å². The first kappa shape index (κ1) is 24.3. The average Bonchev–Trinajstić information content (AvgIpc) is 3.44. The molecule has 8 nitrogen and oxygen atoms in total. The number of H-pyrrole nitrogens is 1. The molecule has 3 heterocycles. The molecule has 3 rings (SSSR count). The molecule has 1 aliphatic rings. The Hall–Kier alpha value is -2.39. The highest BCUT2D eigenvalue weighted by Gasteiger charge is 2.34. The minimum absolute atomic E-state index is 0.151. The Bertz CT molecular complexity index is 981. The third-order valence-electron chi connectivity index (χ3n) is 5.42. The predicted molar refractivity (Wildman–Crippen MR) is 127 cm³/mol. The monoisotopic (exact) mass is 461 g/mol. The second-order valence-electron chi connectivity index (χ2n) is 9.65. The zero-order valence-corrected chi connectivity index (χ0v) is 21.0. The van der Waals surface area contributed by atoms with Crippen LogP contribution in [0.2, 0.25) is 0 Å². The summed E-state index contributed by atoms with van der Waals surface area (Å²) in [6, 6.07) is 0. The van der Waals surface area contributed by atoms with Gasteiger partial charge in [-0.05, 0) is 19.3 Å². The van der Waals surface area contributed by atoms with Crippen LogP contribution in [0.1, 0.15) is 83.6 Å². The van der Waals surface area contributed by atoms with Crippen LogP contribution in [-0.2, 0) is 16.7 Å². The fraction of sp³-hybridized carbons (Fsp3) is 0.609. The number of nitrogens with zero attached hydrogens (tertiary/aromatic N) is 2. The van der Waals surface area contributed by atoms with Gasteiger partial charge in [-0.25, -0.2) is 5.06 Å². The Morgan fingerprint density at radius 2 is 2.00 bits per heavy atom. The molecule has 0 spiro atoms. The highest BCUT2D eigenvalue weighted by molar-refractivity contribution is 7.17. The molecular weight excluding hydrogens is 426 g/mol. The number of hydrogen-bond acceptors (Lipinski definition) is 6. The van der Waals surface area contributed by atoms with Crippen molar-refractivity contribution in [3.05, 3.63) is 33.0 Å². The van der Waals surface area contributed by atoms with Gasteiger partial charge in [0.15, 0.2) is 0 Å². The smallest absolute Gasteiger partial charge is 0.279 e. The van der Waals surface area contributed by atoms with Crippen LogP contribution in [-0.4, -0.2) is 53.8 Å². The normalized spacial score (nSPS) is 14.3. The molecule has 0 saturated carbocycles. The van der Waals surface area contributed by atoms with E-state index < -0.39 is 0 Å². The average molecular weight is 462 g/mol. The number of carbonyl (C=O) groups is 2. The Morgan fingerprint density at radius 1 is 1.28 bits per heavy atom. The number of rotatable bonds is 7.